The highest BCUT2D eigenvalue weighted by Crippen LogP contribution is 2.37. The van der Waals surface area contributed by atoms with Crippen molar-refractivity contribution in [1.29, 1.82) is 0 Å². The van der Waals surface area contributed by atoms with Gasteiger partial charge in [-0.05, 0) is 44.0 Å². The molecule has 206 valence electrons. The predicted octanol–water partition coefficient (Wildman–Crippen LogP) is 6.52. The molecule has 11 heteroatoms. The van der Waals surface area contributed by atoms with Gasteiger partial charge in [-0.2, -0.15) is 0 Å². The summed E-state index contributed by atoms with van der Waals surface area (Å²) in [5.74, 6) is 1.74. The summed E-state index contributed by atoms with van der Waals surface area (Å²) in [5.41, 5.74) is 1.28. The number of anilines is 2. The number of benzene rings is 1. The standard InChI is InChI=1S/C29H29N5O4S2/c1-3-37-28(36)23-10-7-11-26(31-23)40-22-16-25(38-21-8-5-4-6-9-21)27(30-17-22)33-29-32-24(18-39-29)20-12-14-34(15-13-20)19(2)35/h4-11,16-18,20H,3,12-15H2,1-2H3,(H,30,32,33). The zero-order valence-electron chi connectivity index (χ0n) is 22.2. The quantitative estimate of drug-likeness (QED) is 0.223. The fraction of sp³-hybridized carbons (Fsp3) is 0.276. The lowest BCUT2D eigenvalue weighted by Crippen LogP contribution is -2.36. The average Bonchev–Trinajstić information content (AvgIpc) is 3.44. The number of carbonyl (C=O) groups excluding carboxylic acids is 2. The van der Waals surface area contributed by atoms with E-state index in [2.05, 4.69) is 20.7 Å². The zero-order chi connectivity index (χ0) is 27.9. The number of rotatable bonds is 9. The molecule has 0 unspecified atom stereocenters. The van der Waals surface area contributed by atoms with Gasteiger partial charge in [0.25, 0.3) is 0 Å². The second kappa shape index (κ2) is 12.9. The van der Waals surface area contributed by atoms with Crippen LogP contribution >= 0.6 is 23.1 Å². The van der Waals surface area contributed by atoms with Gasteiger partial charge in [-0.15, -0.1) is 11.3 Å². The Hall–Kier alpha value is -3.96. The summed E-state index contributed by atoms with van der Waals surface area (Å²) in [6.07, 6.45) is 3.54. The molecule has 5 rings (SSSR count). The Bertz CT molecular complexity index is 1470. The first-order valence-corrected chi connectivity index (χ1v) is 14.7. The molecule has 1 aromatic carbocycles. The number of aromatic nitrogens is 3. The molecule has 0 bridgehead atoms. The number of hydrogen-bond acceptors (Lipinski definition) is 10. The summed E-state index contributed by atoms with van der Waals surface area (Å²) in [6.45, 7) is 5.18. The lowest BCUT2D eigenvalue weighted by Gasteiger charge is -2.30. The number of nitrogens with zero attached hydrogens (tertiary/aromatic N) is 4. The van der Waals surface area contributed by atoms with E-state index in [9.17, 15) is 9.59 Å². The lowest BCUT2D eigenvalue weighted by atomic mass is 9.94. The van der Waals surface area contributed by atoms with E-state index >= 15 is 0 Å². The predicted molar refractivity (Wildman–Crippen MR) is 155 cm³/mol. The molecule has 0 atom stereocenters. The molecule has 0 saturated carbocycles. The third-order valence-corrected chi connectivity index (χ3v) is 8.01. The Morgan fingerprint density at radius 1 is 1.10 bits per heavy atom. The van der Waals surface area contributed by atoms with Crippen LogP contribution in [0.25, 0.3) is 0 Å². The van der Waals surface area contributed by atoms with Crippen LogP contribution in [-0.2, 0) is 9.53 Å². The zero-order valence-corrected chi connectivity index (χ0v) is 23.8. The number of esters is 1. The van der Waals surface area contributed by atoms with Gasteiger partial charge in [-0.3, -0.25) is 4.79 Å². The van der Waals surface area contributed by atoms with Crippen molar-refractivity contribution in [3.8, 4) is 11.5 Å². The second-order valence-corrected chi connectivity index (χ2v) is 11.1. The third-order valence-electron chi connectivity index (χ3n) is 6.34. The fourth-order valence-corrected chi connectivity index (χ4v) is 5.90. The molecule has 1 N–H and O–H groups in total. The Morgan fingerprint density at radius 2 is 1.90 bits per heavy atom. The molecule has 1 fully saturated rings. The summed E-state index contributed by atoms with van der Waals surface area (Å²) >= 11 is 2.89. The van der Waals surface area contributed by atoms with Crippen molar-refractivity contribution in [2.45, 2.75) is 42.5 Å². The SMILES string of the molecule is CCOC(=O)c1cccc(Sc2cnc(Nc3nc(C4CCN(C(C)=O)CC4)cs3)c(Oc3ccccc3)c2)n1. The van der Waals surface area contributed by atoms with Crippen LogP contribution in [0.4, 0.5) is 10.9 Å². The molecular weight excluding hydrogens is 546 g/mol. The molecule has 0 radical (unpaired) electrons. The Kier molecular flexibility index (Phi) is 8.92. The van der Waals surface area contributed by atoms with Crippen LogP contribution in [-0.4, -0.2) is 51.4 Å². The van der Waals surface area contributed by atoms with E-state index in [1.54, 1.807) is 32.2 Å². The molecule has 40 heavy (non-hydrogen) atoms. The van der Waals surface area contributed by atoms with Gasteiger partial charge in [-0.1, -0.05) is 36.0 Å². The minimum Gasteiger partial charge on any atom is -0.461 e. The summed E-state index contributed by atoms with van der Waals surface area (Å²) in [6, 6.07) is 16.6. The van der Waals surface area contributed by atoms with Crippen molar-refractivity contribution >= 4 is 45.9 Å². The van der Waals surface area contributed by atoms with E-state index in [1.807, 2.05) is 47.4 Å². The van der Waals surface area contributed by atoms with Crippen LogP contribution in [0.15, 0.2) is 76.1 Å². The molecule has 1 amide bonds. The average molecular weight is 576 g/mol. The van der Waals surface area contributed by atoms with Crippen molar-refractivity contribution in [3.63, 3.8) is 0 Å². The smallest absolute Gasteiger partial charge is 0.356 e. The minimum atomic E-state index is -0.456. The van der Waals surface area contributed by atoms with Gasteiger partial charge in [-0.25, -0.2) is 19.7 Å². The minimum absolute atomic E-state index is 0.125. The van der Waals surface area contributed by atoms with Crippen molar-refractivity contribution in [2.24, 2.45) is 0 Å². The van der Waals surface area contributed by atoms with Crippen LogP contribution in [0.1, 0.15) is 48.8 Å². The molecule has 1 aliphatic heterocycles. The third kappa shape index (κ3) is 6.97. The van der Waals surface area contributed by atoms with Crippen molar-refractivity contribution in [2.75, 3.05) is 25.0 Å². The first-order chi connectivity index (χ1) is 19.5. The van der Waals surface area contributed by atoms with Gasteiger partial charge in [0.15, 0.2) is 16.7 Å². The maximum atomic E-state index is 12.1. The number of ether oxygens (including phenoxy) is 2. The number of para-hydroxylation sites is 1. The van der Waals surface area contributed by atoms with Crippen LogP contribution in [0, 0.1) is 0 Å². The summed E-state index contributed by atoms with van der Waals surface area (Å²) in [4.78, 5) is 40.4. The number of piperidine rings is 1. The van der Waals surface area contributed by atoms with Gasteiger partial charge >= 0.3 is 5.97 Å². The Balaban J connectivity index is 1.35. The maximum Gasteiger partial charge on any atom is 0.356 e. The number of carbonyl (C=O) groups is 2. The van der Waals surface area contributed by atoms with E-state index in [0.29, 0.717) is 28.3 Å². The van der Waals surface area contributed by atoms with E-state index in [4.69, 9.17) is 14.5 Å². The van der Waals surface area contributed by atoms with E-state index in [0.717, 1.165) is 41.7 Å². The number of amides is 1. The number of hydrogen-bond donors (Lipinski definition) is 1. The highest BCUT2D eigenvalue weighted by Gasteiger charge is 2.24. The highest BCUT2D eigenvalue weighted by atomic mass is 32.2. The summed E-state index contributed by atoms with van der Waals surface area (Å²) in [7, 11) is 0. The number of pyridine rings is 2. The van der Waals surface area contributed by atoms with Crippen LogP contribution in [0.2, 0.25) is 0 Å². The van der Waals surface area contributed by atoms with Crippen molar-refractivity contribution in [1.82, 2.24) is 19.9 Å². The molecule has 1 aliphatic rings. The normalized spacial score (nSPS) is 13.6. The first-order valence-electron chi connectivity index (χ1n) is 13.0. The Labute approximate surface area is 241 Å². The van der Waals surface area contributed by atoms with Crippen molar-refractivity contribution < 1.29 is 19.1 Å². The van der Waals surface area contributed by atoms with Gasteiger partial charge < -0.3 is 19.7 Å². The largest absolute Gasteiger partial charge is 0.461 e. The second-order valence-electron chi connectivity index (χ2n) is 9.10. The van der Waals surface area contributed by atoms with E-state index in [-0.39, 0.29) is 18.2 Å². The van der Waals surface area contributed by atoms with Crippen molar-refractivity contribution in [3.05, 3.63) is 77.6 Å². The number of thiazole rings is 1. The molecule has 1 saturated heterocycles. The molecule has 9 nitrogen and oxygen atoms in total. The van der Waals surface area contributed by atoms with E-state index < -0.39 is 5.97 Å². The van der Waals surface area contributed by atoms with Gasteiger partial charge in [0, 0.05) is 48.5 Å². The fourth-order valence-electron chi connectivity index (χ4n) is 4.30. The summed E-state index contributed by atoms with van der Waals surface area (Å²) < 4.78 is 11.3. The van der Waals surface area contributed by atoms with E-state index in [1.165, 1.54) is 23.1 Å². The van der Waals surface area contributed by atoms with Crippen LogP contribution in [0.5, 0.6) is 11.5 Å². The molecule has 4 heterocycles. The maximum absolute atomic E-state index is 12.1. The van der Waals surface area contributed by atoms with Gasteiger partial charge in [0.05, 0.1) is 12.3 Å². The number of likely N-dealkylation sites (tertiary alicyclic amines) is 1. The molecular formula is C29H29N5O4S2. The molecule has 4 aromatic rings. The molecule has 0 aliphatic carbocycles. The topological polar surface area (TPSA) is 107 Å². The Morgan fingerprint density at radius 3 is 2.65 bits per heavy atom. The lowest BCUT2D eigenvalue weighted by molar-refractivity contribution is -0.129. The summed E-state index contributed by atoms with van der Waals surface area (Å²) in [5, 5.41) is 6.76. The number of nitrogens with one attached hydrogen (secondary N) is 1. The molecule has 3 aromatic heterocycles. The van der Waals surface area contributed by atoms with Crippen LogP contribution in [0.3, 0.4) is 0 Å². The molecule has 0 spiro atoms. The van der Waals surface area contributed by atoms with Crippen LogP contribution < -0.4 is 10.1 Å². The highest BCUT2D eigenvalue weighted by molar-refractivity contribution is 7.99. The van der Waals surface area contributed by atoms with Gasteiger partial charge in [0.1, 0.15) is 16.5 Å². The monoisotopic (exact) mass is 575 g/mol. The first kappa shape index (κ1) is 27.6. The van der Waals surface area contributed by atoms with Gasteiger partial charge in [0.2, 0.25) is 5.91 Å².